The molecule has 0 saturated carbocycles. The minimum absolute atomic E-state index is 0.0301. The SMILES string of the molecule is O=C(C=Cc1ccc(Cl)cc1)c1cncs1. The van der Waals surface area contributed by atoms with Crippen LogP contribution in [0.1, 0.15) is 15.2 Å². The standard InChI is InChI=1S/C12H8ClNOS/c13-10-4-1-9(2-5-10)3-6-11(15)12-7-14-8-16-12/h1-8H. The molecule has 2 rings (SSSR count). The largest absolute Gasteiger partial charge is 0.288 e. The van der Waals surface area contributed by atoms with Gasteiger partial charge in [0.15, 0.2) is 5.78 Å². The smallest absolute Gasteiger partial charge is 0.197 e. The van der Waals surface area contributed by atoms with Crippen LogP contribution in [0.2, 0.25) is 5.02 Å². The summed E-state index contributed by atoms with van der Waals surface area (Å²) in [7, 11) is 0. The van der Waals surface area contributed by atoms with Crippen molar-refractivity contribution >= 4 is 34.8 Å². The van der Waals surface area contributed by atoms with Crippen LogP contribution >= 0.6 is 22.9 Å². The second-order valence-corrected chi connectivity index (χ2v) is 4.44. The summed E-state index contributed by atoms with van der Waals surface area (Å²) >= 11 is 7.09. The van der Waals surface area contributed by atoms with Crippen molar-refractivity contribution in [2.75, 3.05) is 0 Å². The second kappa shape index (κ2) is 5.05. The lowest BCUT2D eigenvalue weighted by molar-refractivity contribution is 0.105. The van der Waals surface area contributed by atoms with Crippen LogP contribution in [-0.4, -0.2) is 10.8 Å². The van der Waals surface area contributed by atoms with E-state index in [4.69, 9.17) is 11.6 Å². The van der Waals surface area contributed by atoms with Crippen LogP contribution in [0.4, 0.5) is 0 Å². The lowest BCUT2D eigenvalue weighted by Crippen LogP contribution is -1.88. The van der Waals surface area contributed by atoms with Crippen molar-refractivity contribution in [2.24, 2.45) is 0 Å². The molecule has 2 nitrogen and oxygen atoms in total. The predicted molar refractivity (Wildman–Crippen MR) is 66.9 cm³/mol. The van der Waals surface area contributed by atoms with Gasteiger partial charge in [-0.1, -0.05) is 29.8 Å². The van der Waals surface area contributed by atoms with E-state index in [0.717, 1.165) is 5.56 Å². The van der Waals surface area contributed by atoms with E-state index in [1.807, 2.05) is 12.1 Å². The molecule has 0 fully saturated rings. The summed E-state index contributed by atoms with van der Waals surface area (Å²) in [5.41, 5.74) is 2.59. The third-order valence-electron chi connectivity index (χ3n) is 1.97. The average Bonchev–Trinajstić information content (AvgIpc) is 2.81. The van der Waals surface area contributed by atoms with E-state index >= 15 is 0 Å². The quantitative estimate of drug-likeness (QED) is 0.613. The Morgan fingerprint density at radius 1 is 1.31 bits per heavy atom. The van der Waals surface area contributed by atoms with E-state index in [1.54, 1.807) is 29.9 Å². The van der Waals surface area contributed by atoms with Crippen molar-refractivity contribution in [1.82, 2.24) is 4.98 Å². The van der Waals surface area contributed by atoms with Crippen LogP contribution in [0, 0.1) is 0 Å². The molecule has 0 aliphatic heterocycles. The molecule has 0 amide bonds. The van der Waals surface area contributed by atoms with Gasteiger partial charge < -0.3 is 0 Å². The number of carbonyl (C=O) groups excluding carboxylic acids is 1. The zero-order valence-electron chi connectivity index (χ0n) is 8.26. The fraction of sp³-hybridized carbons (Fsp3) is 0. The van der Waals surface area contributed by atoms with Gasteiger partial charge in [0.1, 0.15) is 0 Å². The van der Waals surface area contributed by atoms with Gasteiger partial charge in [-0.05, 0) is 23.8 Å². The summed E-state index contributed by atoms with van der Waals surface area (Å²) < 4.78 is 0. The highest BCUT2D eigenvalue weighted by atomic mass is 35.5. The van der Waals surface area contributed by atoms with Crippen LogP contribution in [0.3, 0.4) is 0 Å². The molecule has 2 aromatic rings. The molecule has 0 aliphatic carbocycles. The lowest BCUT2D eigenvalue weighted by Gasteiger charge is -1.92. The predicted octanol–water partition coefficient (Wildman–Crippen LogP) is 3.69. The Bertz CT molecular complexity index is 502. The van der Waals surface area contributed by atoms with Crippen LogP contribution in [0.15, 0.2) is 42.0 Å². The third-order valence-corrected chi connectivity index (χ3v) is 3.01. The third kappa shape index (κ3) is 2.78. The van der Waals surface area contributed by atoms with E-state index in [0.29, 0.717) is 9.90 Å². The summed E-state index contributed by atoms with van der Waals surface area (Å²) in [6, 6.07) is 7.30. The first-order valence-electron chi connectivity index (χ1n) is 4.62. The Balaban J connectivity index is 2.10. The summed E-state index contributed by atoms with van der Waals surface area (Å²) in [6.45, 7) is 0. The van der Waals surface area contributed by atoms with E-state index in [1.165, 1.54) is 17.4 Å². The first-order valence-corrected chi connectivity index (χ1v) is 5.88. The molecule has 1 heterocycles. The van der Waals surface area contributed by atoms with Crippen molar-refractivity contribution in [3.8, 4) is 0 Å². The highest BCUT2D eigenvalue weighted by molar-refractivity contribution is 7.11. The highest BCUT2D eigenvalue weighted by Crippen LogP contribution is 2.12. The number of hydrogen-bond donors (Lipinski definition) is 0. The molecule has 16 heavy (non-hydrogen) atoms. The first-order chi connectivity index (χ1) is 7.75. The number of benzene rings is 1. The van der Waals surface area contributed by atoms with Crippen LogP contribution in [0.25, 0.3) is 6.08 Å². The second-order valence-electron chi connectivity index (χ2n) is 3.11. The number of hydrogen-bond acceptors (Lipinski definition) is 3. The van der Waals surface area contributed by atoms with Crippen molar-refractivity contribution in [3.05, 3.63) is 57.5 Å². The molecule has 0 saturated heterocycles. The molecule has 0 bridgehead atoms. The molecular weight excluding hydrogens is 242 g/mol. The summed E-state index contributed by atoms with van der Waals surface area (Å²) in [4.78, 5) is 16.1. The normalized spacial score (nSPS) is 10.8. The van der Waals surface area contributed by atoms with Crippen LogP contribution in [-0.2, 0) is 0 Å². The van der Waals surface area contributed by atoms with Gasteiger partial charge in [-0.3, -0.25) is 9.78 Å². The number of thiazole rings is 1. The molecule has 1 aromatic heterocycles. The summed E-state index contributed by atoms with van der Waals surface area (Å²) in [5.74, 6) is -0.0301. The number of aromatic nitrogens is 1. The van der Waals surface area contributed by atoms with Crippen LogP contribution < -0.4 is 0 Å². The van der Waals surface area contributed by atoms with E-state index in [-0.39, 0.29) is 5.78 Å². The number of ketones is 1. The number of allylic oxidation sites excluding steroid dienone is 1. The molecule has 4 heteroatoms. The minimum atomic E-state index is -0.0301. The number of rotatable bonds is 3. The molecule has 0 unspecified atom stereocenters. The van der Waals surface area contributed by atoms with Gasteiger partial charge >= 0.3 is 0 Å². The lowest BCUT2D eigenvalue weighted by atomic mass is 10.2. The highest BCUT2D eigenvalue weighted by Gasteiger charge is 2.02. The summed E-state index contributed by atoms with van der Waals surface area (Å²) in [6.07, 6.45) is 4.87. The summed E-state index contributed by atoms with van der Waals surface area (Å²) in [5, 5.41) is 0.686. The van der Waals surface area contributed by atoms with Crippen molar-refractivity contribution in [2.45, 2.75) is 0 Å². The maximum Gasteiger partial charge on any atom is 0.197 e. The molecule has 80 valence electrons. The van der Waals surface area contributed by atoms with Gasteiger partial charge in [-0.15, -0.1) is 11.3 Å². The van der Waals surface area contributed by atoms with E-state index in [9.17, 15) is 4.79 Å². The topological polar surface area (TPSA) is 30.0 Å². The van der Waals surface area contributed by atoms with Gasteiger partial charge in [0.05, 0.1) is 10.4 Å². The molecule has 0 N–H and O–H groups in total. The van der Waals surface area contributed by atoms with Crippen molar-refractivity contribution < 1.29 is 4.79 Å². The van der Waals surface area contributed by atoms with Gasteiger partial charge in [0, 0.05) is 11.2 Å². The Morgan fingerprint density at radius 2 is 2.06 bits per heavy atom. The fourth-order valence-electron chi connectivity index (χ4n) is 1.17. The fourth-order valence-corrected chi connectivity index (χ4v) is 1.83. The van der Waals surface area contributed by atoms with E-state index in [2.05, 4.69) is 4.98 Å². The minimum Gasteiger partial charge on any atom is -0.288 e. The number of nitrogens with zero attached hydrogens (tertiary/aromatic N) is 1. The average molecular weight is 250 g/mol. The van der Waals surface area contributed by atoms with Crippen molar-refractivity contribution in [1.29, 1.82) is 0 Å². The molecule has 1 aromatic carbocycles. The van der Waals surface area contributed by atoms with Gasteiger partial charge in [0.2, 0.25) is 0 Å². The first kappa shape index (κ1) is 11.0. The molecule has 0 radical (unpaired) electrons. The van der Waals surface area contributed by atoms with Gasteiger partial charge in [0.25, 0.3) is 0 Å². The Labute approximate surface area is 102 Å². The van der Waals surface area contributed by atoms with Crippen molar-refractivity contribution in [3.63, 3.8) is 0 Å². The molecule has 0 spiro atoms. The Morgan fingerprint density at radius 3 is 2.69 bits per heavy atom. The van der Waals surface area contributed by atoms with Crippen LogP contribution in [0.5, 0.6) is 0 Å². The van der Waals surface area contributed by atoms with Gasteiger partial charge in [-0.2, -0.15) is 0 Å². The number of halogens is 1. The van der Waals surface area contributed by atoms with E-state index < -0.39 is 0 Å². The maximum atomic E-state index is 11.6. The Hall–Kier alpha value is -1.45. The zero-order chi connectivity index (χ0) is 11.4. The molecule has 0 aliphatic rings. The molecular formula is C12H8ClNOS. The number of carbonyl (C=O) groups is 1. The maximum absolute atomic E-state index is 11.6. The van der Waals surface area contributed by atoms with Gasteiger partial charge in [-0.25, -0.2) is 0 Å². The zero-order valence-corrected chi connectivity index (χ0v) is 9.83. The monoisotopic (exact) mass is 249 g/mol. The molecule has 0 atom stereocenters. The Kier molecular flexibility index (Phi) is 3.49.